The third-order valence-corrected chi connectivity index (χ3v) is 6.97. The first-order chi connectivity index (χ1) is 18.0. The second-order valence-corrected chi connectivity index (χ2v) is 11.6. The van der Waals surface area contributed by atoms with Gasteiger partial charge in [-0.05, 0) is 65.2 Å². The van der Waals surface area contributed by atoms with Gasteiger partial charge in [0, 0.05) is 29.4 Å². The van der Waals surface area contributed by atoms with Gasteiger partial charge in [0.15, 0.2) is 28.7 Å². The number of hydrogen-bond donors (Lipinski definition) is 0. The number of nitrogens with zero attached hydrogens (tertiary/aromatic N) is 2. The standard InChI is InChI=1S/C26H34BrFN2O7S/c1-6-33-23(31)22-20(38-24(29-22)30(5)25(32)37-26(2,3)4)14-17(36-21-9-7-8-12-34-21)15-35-19-11-10-16(27)13-18(19)28/h10-11,13,17,21H,6-9,12,14-15H2,1-5H3. The van der Waals surface area contributed by atoms with Gasteiger partial charge in [-0.1, -0.05) is 15.9 Å². The van der Waals surface area contributed by atoms with Crippen molar-refractivity contribution in [3.63, 3.8) is 0 Å². The van der Waals surface area contributed by atoms with Crippen molar-refractivity contribution in [2.45, 2.75) is 71.4 Å². The van der Waals surface area contributed by atoms with Crippen LogP contribution in [0.25, 0.3) is 0 Å². The fourth-order valence-electron chi connectivity index (χ4n) is 3.55. The van der Waals surface area contributed by atoms with Crippen molar-refractivity contribution in [1.29, 1.82) is 0 Å². The number of esters is 1. The van der Waals surface area contributed by atoms with Gasteiger partial charge in [0.1, 0.15) is 12.2 Å². The fourth-order valence-corrected chi connectivity index (χ4v) is 4.95. The third kappa shape index (κ3) is 8.89. The summed E-state index contributed by atoms with van der Waals surface area (Å²) in [5.41, 5.74) is -0.621. The van der Waals surface area contributed by atoms with E-state index < -0.39 is 35.9 Å². The largest absolute Gasteiger partial charge is 0.488 e. The highest BCUT2D eigenvalue weighted by molar-refractivity contribution is 9.10. The highest BCUT2D eigenvalue weighted by Gasteiger charge is 2.29. The second kappa shape index (κ2) is 13.7. The van der Waals surface area contributed by atoms with Crippen LogP contribution in [0.4, 0.5) is 14.3 Å². The summed E-state index contributed by atoms with van der Waals surface area (Å²) < 4.78 is 43.3. The van der Waals surface area contributed by atoms with Crippen LogP contribution in [0.15, 0.2) is 22.7 Å². The molecular weight excluding hydrogens is 583 g/mol. The maximum Gasteiger partial charge on any atom is 0.416 e. The second-order valence-electron chi connectivity index (χ2n) is 9.67. The molecule has 1 aliphatic rings. The van der Waals surface area contributed by atoms with Gasteiger partial charge in [0.25, 0.3) is 0 Å². The van der Waals surface area contributed by atoms with E-state index in [2.05, 4.69) is 20.9 Å². The summed E-state index contributed by atoms with van der Waals surface area (Å²) in [5, 5.41) is 0.268. The average molecular weight is 618 g/mol. The Hall–Kier alpha value is -2.28. The number of hydrogen-bond acceptors (Lipinski definition) is 9. The molecule has 0 bridgehead atoms. The molecule has 0 radical (unpaired) electrons. The van der Waals surface area contributed by atoms with E-state index in [1.165, 1.54) is 24.1 Å². The summed E-state index contributed by atoms with van der Waals surface area (Å²) >= 11 is 4.39. The topological polar surface area (TPSA) is 96.4 Å². The Morgan fingerprint density at radius 3 is 2.71 bits per heavy atom. The van der Waals surface area contributed by atoms with E-state index in [1.54, 1.807) is 33.8 Å². The van der Waals surface area contributed by atoms with Crippen molar-refractivity contribution in [2.24, 2.45) is 0 Å². The van der Waals surface area contributed by atoms with E-state index in [9.17, 15) is 14.0 Å². The molecule has 210 valence electrons. The molecule has 1 aromatic carbocycles. The minimum atomic E-state index is -0.700. The molecule has 3 rings (SSSR count). The summed E-state index contributed by atoms with van der Waals surface area (Å²) in [6.45, 7) is 7.73. The number of rotatable bonds is 10. The van der Waals surface area contributed by atoms with E-state index in [-0.39, 0.29) is 36.2 Å². The van der Waals surface area contributed by atoms with E-state index >= 15 is 0 Å². The number of carbonyl (C=O) groups excluding carboxylic acids is 2. The summed E-state index contributed by atoms with van der Waals surface area (Å²) in [5.74, 6) is -1.06. The van der Waals surface area contributed by atoms with E-state index in [0.717, 1.165) is 24.2 Å². The van der Waals surface area contributed by atoms with Crippen LogP contribution in [0.3, 0.4) is 0 Å². The zero-order chi connectivity index (χ0) is 27.9. The smallest absolute Gasteiger partial charge is 0.416 e. The Balaban J connectivity index is 1.86. The highest BCUT2D eigenvalue weighted by Crippen LogP contribution is 2.30. The number of halogens is 2. The molecule has 12 heteroatoms. The van der Waals surface area contributed by atoms with Crippen molar-refractivity contribution in [3.05, 3.63) is 39.1 Å². The SMILES string of the molecule is CCOC(=O)c1nc(N(C)C(=O)OC(C)(C)C)sc1CC(COc1ccc(Br)cc1F)OC1CCCCO1. The molecule has 2 heterocycles. The van der Waals surface area contributed by atoms with Crippen LogP contribution < -0.4 is 9.64 Å². The lowest BCUT2D eigenvalue weighted by molar-refractivity contribution is -0.192. The van der Waals surface area contributed by atoms with Gasteiger partial charge in [-0.25, -0.2) is 19.0 Å². The van der Waals surface area contributed by atoms with Crippen LogP contribution in [0.2, 0.25) is 0 Å². The number of thiazole rings is 1. The molecule has 1 fully saturated rings. The summed E-state index contributed by atoms with van der Waals surface area (Å²) in [7, 11) is 1.52. The molecule has 9 nitrogen and oxygen atoms in total. The molecule has 0 aliphatic carbocycles. The van der Waals surface area contributed by atoms with Crippen molar-refractivity contribution in [2.75, 3.05) is 31.8 Å². The number of aromatic nitrogens is 1. The monoisotopic (exact) mass is 616 g/mol. The van der Waals surface area contributed by atoms with Gasteiger partial charge in [0.2, 0.25) is 0 Å². The minimum Gasteiger partial charge on any atom is -0.488 e. The minimum absolute atomic E-state index is 0.00415. The molecule has 1 aliphatic heterocycles. The zero-order valence-electron chi connectivity index (χ0n) is 22.3. The van der Waals surface area contributed by atoms with Gasteiger partial charge in [-0.15, -0.1) is 11.3 Å². The van der Waals surface area contributed by atoms with E-state index in [4.69, 9.17) is 23.7 Å². The Morgan fingerprint density at radius 2 is 2.08 bits per heavy atom. The van der Waals surface area contributed by atoms with Crippen LogP contribution in [-0.4, -0.2) is 61.9 Å². The molecule has 0 spiro atoms. The average Bonchev–Trinajstić information content (AvgIpc) is 3.26. The van der Waals surface area contributed by atoms with Crippen molar-refractivity contribution < 1.29 is 37.7 Å². The van der Waals surface area contributed by atoms with Crippen LogP contribution in [0, 0.1) is 5.82 Å². The van der Waals surface area contributed by atoms with Gasteiger partial charge < -0.3 is 23.7 Å². The zero-order valence-corrected chi connectivity index (χ0v) is 24.7. The lowest BCUT2D eigenvalue weighted by Crippen LogP contribution is -2.34. The highest BCUT2D eigenvalue weighted by atomic mass is 79.9. The fraction of sp³-hybridized carbons (Fsp3) is 0.577. The Labute approximate surface area is 234 Å². The number of anilines is 1. The summed E-state index contributed by atoms with van der Waals surface area (Å²) in [6, 6.07) is 4.52. The first kappa shape index (κ1) is 30.3. The molecule has 1 saturated heterocycles. The lowest BCUT2D eigenvalue weighted by Gasteiger charge is -2.27. The van der Waals surface area contributed by atoms with Gasteiger partial charge in [-0.3, -0.25) is 4.90 Å². The first-order valence-electron chi connectivity index (χ1n) is 12.4. The van der Waals surface area contributed by atoms with E-state index in [0.29, 0.717) is 22.4 Å². The molecule has 0 saturated carbocycles. The predicted molar refractivity (Wildman–Crippen MR) is 144 cm³/mol. The molecular formula is C26H34BrFN2O7S. The normalized spacial score (nSPS) is 16.6. The van der Waals surface area contributed by atoms with E-state index in [1.807, 2.05) is 0 Å². The molecule has 2 aromatic rings. The van der Waals surface area contributed by atoms with Gasteiger partial charge in [0.05, 0.1) is 12.7 Å². The van der Waals surface area contributed by atoms with Crippen LogP contribution in [-0.2, 0) is 25.4 Å². The maximum absolute atomic E-state index is 14.4. The van der Waals surface area contributed by atoms with Crippen molar-refractivity contribution in [3.8, 4) is 5.75 Å². The molecule has 1 aromatic heterocycles. The van der Waals surface area contributed by atoms with Crippen molar-refractivity contribution in [1.82, 2.24) is 4.98 Å². The third-order valence-electron chi connectivity index (χ3n) is 5.32. The van der Waals surface area contributed by atoms with Crippen molar-refractivity contribution >= 4 is 44.5 Å². The van der Waals surface area contributed by atoms with Gasteiger partial charge >= 0.3 is 12.1 Å². The summed E-state index contributed by atoms with van der Waals surface area (Å²) in [6.07, 6.45) is 1.16. The quantitative estimate of drug-likeness (QED) is 0.294. The molecule has 38 heavy (non-hydrogen) atoms. The Morgan fingerprint density at radius 1 is 1.32 bits per heavy atom. The van der Waals surface area contributed by atoms with Crippen LogP contribution in [0.5, 0.6) is 5.75 Å². The molecule has 1 amide bonds. The lowest BCUT2D eigenvalue weighted by atomic mass is 10.1. The predicted octanol–water partition coefficient (Wildman–Crippen LogP) is 6.13. The number of amides is 1. The molecule has 2 atom stereocenters. The van der Waals surface area contributed by atoms with Crippen LogP contribution in [0.1, 0.15) is 62.3 Å². The maximum atomic E-state index is 14.4. The summed E-state index contributed by atoms with van der Waals surface area (Å²) in [4.78, 5) is 31.6. The molecule has 0 N–H and O–H groups in total. The first-order valence-corrected chi connectivity index (χ1v) is 14.1. The molecule has 2 unspecified atom stereocenters. The number of benzene rings is 1. The Bertz CT molecular complexity index is 1100. The van der Waals surface area contributed by atoms with Gasteiger partial charge in [-0.2, -0.15) is 0 Å². The van der Waals surface area contributed by atoms with Crippen LogP contribution >= 0.6 is 27.3 Å². The Kier molecular flexibility index (Phi) is 10.9. The number of ether oxygens (including phenoxy) is 5. The number of carbonyl (C=O) groups is 2.